The first-order valence-electron chi connectivity index (χ1n) is 9.38. The van der Waals surface area contributed by atoms with Crippen molar-refractivity contribution in [3.63, 3.8) is 0 Å². The normalized spacial score (nSPS) is 15.7. The molecule has 2 N–H and O–H groups in total. The van der Waals surface area contributed by atoms with Crippen LogP contribution in [0.5, 0.6) is 17.2 Å². The highest BCUT2D eigenvalue weighted by Crippen LogP contribution is 2.42. The van der Waals surface area contributed by atoms with Gasteiger partial charge in [-0.25, -0.2) is 4.79 Å². The average Bonchev–Trinajstić information content (AvgIpc) is 2.78. The molecular weight excluding hydrogens is 404 g/mol. The van der Waals surface area contributed by atoms with Crippen LogP contribution in [0.25, 0.3) is 5.70 Å². The highest BCUT2D eigenvalue weighted by atomic mass is 32.1. The van der Waals surface area contributed by atoms with Crippen molar-refractivity contribution in [3.05, 3.63) is 59.2 Å². The Morgan fingerprint density at radius 1 is 1.03 bits per heavy atom. The summed E-state index contributed by atoms with van der Waals surface area (Å²) in [6.07, 6.45) is 0. The Morgan fingerprint density at radius 3 is 2.20 bits per heavy atom. The smallest absolute Gasteiger partial charge is 0.338 e. The van der Waals surface area contributed by atoms with Crippen LogP contribution in [0.4, 0.5) is 0 Å². The number of esters is 1. The van der Waals surface area contributed by atoms with Crippen molar-refractivity contribution in [1.29, 1.82) is 0 Å². The zero-order chi connectivity index (χ0) is 21.7. The van der Waals surface area contributed by atoms with E-state index >= 15 is 0 Å². The second-order valence-electron chi connectivity index (χ2n) is 6.37. The first-order chi connectivity index (χ1) is 14.5. The zero-order valence-electron chi connectivity index (χ0n) is 17.3. The van der Waals surface area contributed by atoms with Crippen LogP contribution >= 0.6 is 12.2 Å². The van der Waals surface area contributed by atoms with E-state index in [1.807, 2.05) is 30.3 Å². The summed E-state index contributed by atoms with van der Waals surface area (Å²) in [5, 5.41) is 6.67. The van der Waals surface area contributed by atoms with Gasteiger partial charge in [-0.15, -0.1) is 0 Å². The zero-order valence-corrected chi connectivity index (χ0v) is 18.1. The number of hydrogen-bond donors (Lipinski definition) is 2. The molecule has 0 fully saturated rings. The molecule has 1 heterocycles. The lowest BCUT2D eigenvalue weighted by molar-refractivity contribution is -0.138. The number of methoxy groups -OCH3 is 3. The Bertz CT molecular complexity index is 950. The number of carbonyl (C=O) groups is 1. The van der Waals surface area contributed by atoms with E-state index in [9.17, 15) is 4.79 Å². The van der Waals surface area contributed by atoms with Crippen LogP contribution in [0.3, 0.4) is 0 Å². The third-order valence-corrected chi connectivity index (χ3v) is 4.87. The van der Waals surface area contributed by atoms with Crippen LogP contribution in [-0.2, 0) is 9.53 Å². The van der Waals surface area contributed by atoms with Crippen molar-refractivity contribution in [2.75, 3.05) is 27.9 Å². The molecule has 2 aromatic rings. The molecule has 8 heteroatoms. The van der Waals surface area contributed by atoms with Crippen LogP contribution < -0.4 is 24.8 Å². The number of rotatable bonds is 7. The van der Waals surface area contributed by atoms with Crippen LogP contribution in [0.15, 0.2) is 48.0 Å². The van der Waals surface area contributed by atoms with Crippen LogP contribution in [0.1, 0.15) is 24.1 Å². The van der Waals surface area contributed by atoms with E-state index < -0.39 is 12.0 Å². The fraction of sp³-hybridized carbons (Fsp3) is 0.273. The Hall–Kier alpha value is -3.26. The summed E-state index contributed by atoms with van der Waals surface area (Å²) in [5.74, 6) is 0.966. The average molecular weight is 429 g/mol. The lowest BCUT2D eigenvalue weighted by Crippen LogP contribution is -2.45. The topological polar surface area (TPSA) is 78.1 Å². The molecule has 7 nitrogen and oxygen atoms in total. The van der Waals surface area contributed by atoms with E-state index in [4.69, 9.17) is 31.2 Å². The summed E-state index contributed by atoms with van der Waals surface area (Å²) < 4.78 is 21.7. The van der Waals surface area contributed by atoms with Crippen molar-refractivity contribution >= 4 is 29.0 Å². The molecule has 1 aliphatic heterocycles. The molecule has 0 radical (unpaired) electrons. The molecule has 0 bridgehead atoms. The number of ether oxygens (including phenoxy) is 4. The molecule has 2 aromatic carbocycles. The van der Waals surface area contributed by atoms with E-state index in [0.717, 1.165) is 5.56 Å². The minimum absolute atomic E-state index is 0.247. The molecule has 0 aliphatic carbocycles. The van der Waals surface area contributed by atoms with Gasteiger partial charge in [0.05, 0.1) is 45.2 Å². The highest BCUT2D eigenvalue weighted by Gasteiger charge is 2.34. The number of nitrogens with one attached hydrogen (secondary N) is 2. The summed E-state index contributed by atoms with van der Waals surface area (Å²) in [6.45, 7) is 2.01. The second kappa shape index (κ2) is 9.49. The Balaban J connectivity index is 2.23. The molecule has 0 aromatic heterocycles. The number of thiocarbonyl (C=S) groups is 1. The number of benzene rings is 2. The number of hydrogen-bond acceptors (Lipinski definition) is 6. The quantitative estimate of drug-likeness (QED) is 0.514. The Kier molecular flexibility index (Phi) is 6.79. The van der Waals surface area contributed by atoms with Crippen molar-refractivity contribution < 1.29 is 23.7 Å². The maximum Gasteiger partial charge on any atom is 0.338 e. The molecule has 1 aliphatic rings. The van der Waals surface area contributed by atoms with E-state index in [-0.39, 0.29) is 6.61 Å². The van der Waals surface area contributed by atoms with Gasteiger partial charge in [-0.05, 0) is 42.4 Å². The fourth-order valence-electron chi connectivity index (χ4n) is 3.34. The molecule has 0 spiro atoms. The molecule has 1 atom stereocenters. The van der Waals surface area contributed by atoms with Gasteiger partial charge in [0.1, 0.15) is 0 Å². The molecule has 3 rings (SSSR count). The van der Waals surface area contributed by atoms with Crippen LogP contribution in [0.2, 0.25) is 0 Å². The van der Waals surface area contributed by atoms with Crippen LogP contribution in [-0.4, -0.2) is 39.0 Å². The van der Waals surface area contributed by atoms with Crippen molar-refractivity contribution in [2.24, 2.45) is 0 Å². The lowest BCUT2D eigenvalue weighted by atomic mass is 9.92. The highest BCUT2D eigenvalue weighted by molar-refractivity contribution is 7.80. The van der Waals surface area contributed by atoms with Gasteiger partial charge in [0.25, 0.3) is 0 Å². The molecule has 158 valence electrons. The van der Waals surface area contributed by atoms with Gasteiger partial charge in [0, 0.05) is 0 Å². The number of carbonyl (C=O) groups excluding carboxylic acids is 1. The standard InChI is InChI=1S/C22H24N2O5S/c1-5-29-21(25)17-18(13-9-7-6-8-10-13)23-22(30)24-19(17)14-11-15(26-2)20(28-4)16(12-14)27-3/h6-12,19H,5H2,1-4H3,(H2,23,24,30). The predicted molar refractivity (Wildman–Crippen MR) is 118 cm³/mol. The molecule has 0 saturated carbocycles. The molecular formula is C22H24N2O5S. The summed E-state index contributed by atoms with van der Waals surface area (Å²) in [5.41, 5.74) is 2.54. The summed E-state index contributed by atoms with van der Waals surface area (Å²) >= 11 is 5.44. The maximum atomic E-state index is 13.0. The third kappa shape index (κ3) is 4.18. The van der Waals surface area contributed by atoms with E-state index in [2.05, 4.69) is 10.6 Å². The lowest BCUT2D eigenvalue weighted by Gasteiger charge is -2.31. The van der Waals surface area contributed by atoms with Gasteiger partial charge < -0.3 is 29.6 Å². The van der Waals surface area contributed by atoms with Gasteiger partial charge in [-0.1, -0.05) is 30.3 Å². The van der Waals surface area contributed by atoms with Gasteiger partial charge in [0.15, 0.2) is 16.6 Å². The van der Waals surface area contributed by atoms with Gasteiger partial charge in [-0.3, -0.25) is 0 Å². The Labute approximate surface area is 181 Å². The van der Waals surface area contributed by atoms with Crippen molar-refractivity contribution in [2.45, 2.75) is 13.0 Å². The van der Waals surface area contributed by atoms with Gasteiger partial charge in [-0.2, -0.15) is 0 Å². The van der Waals surface area contributed by atoms with Crippen molar-refractivity contribution in [3.8, 4) is 17.2 Å². The summed E-state index contributed by atoms with van der Waals surface area (Å²) in [7, 11) is 4.62. The van der Waals surface area contributed by atoms with Crippen LogP contribution in [0, 0.1) is 0 Å². The first-order valence-corrected chi connectivity index (χ1v) is 9.78. The first kappa shape index (κ1) is 21.4. The van der Waals surface area contributed by atoms with E-state index in [1.54, 1.807) is 33.3 Å². The molecule has 0 amide bonds. The summed E-state index contributed by atoms with van der Waals surface area (Å²) in [4.78, 5) is 13.0. The SMILES string of the molecule is CCOC(=O)C1=C(c2ccccc2)NC(=S)NC1c1cc(OC)c(OC)c(OC)c1. The monoisotopic (exact) mass is 428 g/mol. The maximum absolute atomic E-state index is 13.0. The molecule has 30 heavy (non-hydrogen) atoms. The van der Waals surface area contributed by atoms with Gasteiger partial charge in [0.2, 0.25) is 5.75 Å². The predicted octanol–water partition coefficient (Wildman–Crippen LogP) is 3.21. The van der Waals surface area contributed by atoms with E-state index in [0.29, 0.717) is 39.2 Å². The second-order valence-corrected chi connectivity index (χ2v) is 6.77. The third-order valence-electron chi connectivity index (χ3n) is 4.65. The fourth-order valence-corrected chi connectivity index (χ4v) is 3.56. The largest absolute Gasteiger partial charge is 0.493 e. The summed E-state index contributed by atoms with van der Waals surface area (Å²) in [6, 6.07) is 12.5. The minimum atomic E-state index is -0.582. The molecule has 0 saturated heterocycles. The molecule has 1 unspecified atom stereocenters. The van der Waals surface area contributed by atoms with Gasteiger partial charge >= 0.3 is 5.97 Å². The Morgan fingerprint density at radius 2 is 1.67 bits per heavy atom. The minimum Gasteiger partial charge on any atom is -0.493 e. The van der Waals surface area contributed by atoms with Crippen molar-refractivity contribution in [1.82, 2.24) is 10.6 Å². The van der Waals surface area contributed by atoms with E-state index in [1.165, 1.54) is 7.11 Å².